The summed E-state index contributed by atoms with van der Waals surface area (Å²) in [6, 6.07) is 20.2. The van der Waals surface area contributed by atoms with Crippen LogP contribution in [0.2, 0.25) is 0 Å². The average molecular weight is 414 g/mol. The Bertz CT molecular complexity index is 1250. The molecule has 4 aromatic rings. The molecule has 2 aromatic carbocycles. The summed E-state index contributed by atoms with van der Waals surface area (Å²) in [6.45, 7) is 0.857. The fourth-order valence-corrected chi connectivity index (χ4v) is 3.81. The van der Waals surface area contributed by atoms with Crippen molar-refractivity contribution in [2.45, 2.75) is 11.7 Å². The number of nitriles is 1. The number of hydrogen-bond donors (Lipinski definition) is 0. The lowest BCUT2D eigenvalue weighted by Gasteiger charge is -2.13. The zero-order valence-electron chi connectivity index (χ0n) is 16.1. The van der Waals surface area contributed by atoms with E-state index in [-0.39, 0.29) is 5.56 Å². The molecule has 0 spiro atoms. The highest BCUT2D eigenvalue weighted by Crippen LogP contribution is 2.19. The monoisotopic (exact) mass is 414 g/mol. The van der Waals surface area contributed by atoms with Crippen molar-refractivity contribution in [2.24, 2.45) is 0 Å². The minimum Gasteiger partial charge on any atom is -0.493 e. The van der Waals surface area contributed by atoms with Crippen LogP contribution in [-0.2, 0) is 6.54 Å². The van der Waals surface area contributed by atoms with Crippen LogP contribution in [0.3, 0.4) is 0 Å². The lowest BCUT2D eigenvalue weighted by Crippen LogP contribution is -2.24. The number of para-hydroxylation sites is 1. The lowest BCUT2D eigenvalue weighted by atomic mass is 10.2. The number of thioether (sulfide) groups is 1. The highest BCUT2D eigenvalue weighted by molar-refractivity contribution is 7.99. The highest BCUT2D eigenvalue weighted by Gasteiger charge is 2.12. The van der Waals surface area contributed by atoms with E-state index in [1.54, 1.807) is 47.3 Å². The summed E-state index contributed by atoms with van der Waals surface area (Å²) in [7, 11) is 0. The maximum atomic E-state index is 13.1. The van der Waals surface area contributed by atoms with E-state index in [4.69, 9.17) is 15.0 Å². The number of pyridine rings is 1. The van der Waals surface area contributed by atoms with Gasteiger partial charge in [0.1, 0.15) is 5.75 Å². The Balaban J connectivity index is 1.53. The van der Waals surface area contributed by atoms with E-state index in [0.29, 0.717) is 46.3 Å². The molecule has 148 valence electrons. The summed E-state index contributed by atoms with van der Waals surface area (Å²) in [6.07, 6.45) is 3.46. The minimum atomic E-state index is -0.0695. The van der Waals surface area contributed by atoms with Gasteiger partial charge in [0, 0.05) is 18.1 Å². The third kappa shape index (κ3) is 4.50. The Morgan fingerprint density at radius 2 is 1.90 bits per heavy atom. The predicted octanol–water partition coefficient (Wildman–Crippen LogP) is 3.88. The lowest BCUT2D eigenvalue weighted by molar-refractivity contribution is 0.344. The van der Waals surface area contributed by atoms with Crippen molar-refractivity contribution >= 4 is 22.7 Å². The average Bonchev–Trinajstić information content (AvgIpc) is 2.80. The van der Waals surface area contributed by atoms with Gasteiger partial charge in [-0.2, -0.15) is 5.26 Å². The number of aromatic nitrogens is 3. The van der Waals surface area contributed by atoms with E-state index in [1.165, 1.54) is 11.8 Å². The number of ether oxygens (including phenoxy) is 1. The van der Waals surface area contributed by atoms with Crippen molar-refractivity contribution in [1.82, 2.24) is 14.5 Å². The SMILES string of the molecule is N#Cc1ccc(OCCSc2nc3ccccc3c(=O)n2Cc2cccnc2)cc1. The van der Waals surface area contributed by atoms with Crippen LogP contribution >= 0.6 is 11.8 Å². The van der Waals surface area contributed by atoms with Gasteiger partial charge in [0.15, 0.2) is 5.16 Å². The number of fused-ring (bicyclic) bond motifs is 1. The van der Waals surface area contributed by atoms with Gasteiger partial charge in [-0.15, -0.1) is 0 Å². The molecule has 0 atom stereocenters. The third-order valence-electron chi connectivity index (χ3n) is 4.46. The van der Waals surface area contributed by atoms with Crippen molar-refractivity contribution in [2.75, 3.05) is 12.4 Å². The van der Waals surface area contributed by atoms with Crippen molar-refractivity contribution < 1.29 is 4.74 Å². The van der Waals surface area contributed by atoms with Gasteiger partial charge in [-0.3, -0.25) is 14.3 Å². The predicted molar refractivity (Wildman–Crippen MR) is 117 cm³/mol. The van der Waals surface area contributed by atoms with Crippen LogP contribution in [0, 0.1) is 11.3 Å². The van der Waals surface area contributed by atoms with Gasteiger partial charge < -0.3 is 4.74 Å². The molecule has 30 heavy (non-hydrogen) atoms. The number of rotatable bonds is 7. The van der Waals surface area contributed by atoms with Crippen molar-refractivity contribution in [3.8, 4) is 11.8 Å². The first-order valence-corrected chi connectivity index (χ1v) is 10.4. The first-order valence-electron chi connectivity index (χ1n) is 9.39. The van der Waals surface area contributed by atoms with Crippen molar-refractivity contribution in [3.63, 3.8) is 0 Å². The molecule has 0 aliphatic rings. The number of hydrogen-bond acceptors (Lipinski definition) is 6. The first-order chi connectivity index (χ1) is 14.7. The Morgan fingerprint density at radius 3 is 2.67 bits per heavy atom. The molecular weight excluding hydrogens is 396 g/mol. The molecule has 0 fully saturated rings. The van der Waals surface area contributed by atoms with E-state index in [9.17, 15) is 4.79 Å². The Kier molecular flexibility index (Phi) is 6.06. The Labute approximate surface area is 177 Å². The summed E-state index contributed by atoms with van der Waals surface area (Å²) in [5, 5.41) is 10.1. The third-order valence-corrected chi connectivity index (χ3v) is 5.40. The molecular formula is C23H18N4O2S. The molecule has 0 saturated carbocycles. The Morgan fingerprint density at radius 1 is 1.07 bits per heavy atom. The maximum absolute atomic E-state index is 13.1. The normalized spacial score (nSPS) is 10.6. The van der Waals surface area contributed by atoms with Crippen LogP contribution in [0.4, 0.5) is 0 Å². The number of benzene rings is 2. The molecule has 2 aromatic heterocycles. The molecule has 0 unspecified atom stereocenters. The van der Waals surface area contributed by atoms with Crippen molar-refractivity contribution in [1.29, 1.82) is 5.26 Å². The standard InChI is InChI=1S/C23H18N4O2S/c24-14-17-7-9-19(10-8-17)29-12-13-30-23-26-21-6-2-1-5-20(21)22(28)27(23)16-18-4-3-11-25-15-18/h1-11,15H,12-13,16H2. The molecule has 0 N–H and O–H groups in total. The van der Waals surface area contributed by atoms with Gasteiger partial charge in [0.2, 0.25) is 0 Å². The van der Waals surface area contributed by atoms with Crippen LogP contribution in [0.1, 0.15) is 11.1 Å². The fraction of sp³-hybridized carbons (Fsp3) is 0.130. The molecule has 7 heteroatoms. The smallest absolute Gasteiger partial charge is 0.262 e. The topological polar surface area (TPSA) is 80.8 Å². The van der Waals surface area contributed by atoms with Crippen LogP contribution in [-0.4, -0.2) is 26.9 Å². The second-order valence-corrected chi connectivity index (χ2v) is 7.56. The summed E-state index contributed by atoms with van der Waals surface area (Å²) in [4.78, 5) is 22.0. The molecule has 0 aliphatic heterocycles. The molecule has 0 radical (unpaired) electrons. The molecule has 2 heterocycles. The van der Waals surface area contributed by atoms with E-state index in [1.807, 2.05) is 30.3 Å². The summed E-state index contributed by atoms with van der Waals surface area (Å²) < 4.78 is 7.43. The zero-order chi connectivity index (χ0) is 20.8. The summed E-state index contributed by atoms with van der Waals surface area (Å²) in [5.41, 5.74) is 2.14. The molecule has 0 saturated heterocycles. The maximum Gasteiger partial charge on any atom is 0.262 e. The van der Waals surface area contributed by atoms with E-state index < -0.39 is 0 Å². The fourth-order valence-electron chi connectivity index (χ4n) is 2.99. The molecule has 0 amide bonds. The Hall–Kier alpha value is -3.63. The van der Waals surface area contributed by atoms with Gasteiger partial charge in [-0.05, 0) is 48.0 Å². The van der Waals surface area contributed by atoms with E-state index in [0.717, 1.165) is 5.56 Å². The van der Waals surface area contributed by atoms with Gasteiger partial charge >= 0.3 is 0 Å². The summed E-state index contributed by atoms with van der Waals surface area (Å²) >= 11 is 1.48. The van der Waals surface area contributed by atoms with Gasteiger partial charge in [0.05, 0.1) is 35.7 Å². The zero-order valence-corrected chi connectivity index (χ0v) is 16.9. The van der Waals surface area contributed by atoms with Crippen LogP contribution in [0.15, 0.2) is 83.0 Å². The molecule has 4 rings (SSSR count). The van der Waals surface area contributed by atoms with E-state index >= 15 is 0 Å². The second kappa shape index (κ2) is 9.25. The van der Waals surface area contributed by atoms with Crippen molar-refractivity contribution in [3.05, 3.63) is 94.5 Å². The van der Waals surface area contributed by atoms with Gasteiger partial charge in [0.25, 0.3) is 5.56 Å². The van der Waals surface area contributed by atoms with E-state index in [2.05, 4.69) is 11.1 Å². The second-order valence-electron chi connectivity index (χ2n) is 6.50. The van der Waals surface area contributed by atoms with Gasteiger partial charge in [-0.1, -0.05) is 30.0 Å². The van der Waals surface area contributed by atoms with Crippen LogP contribution in [0.25, 0.3) is 10.9 Å². The van der Waals surface area contributed by atoms with Crippen LogP contribution in [0.5, 0.6) is 5.75 Å². The number of nitrogens with zero attached hydrogens (tertiary/aromatic N) is 4. The quantitative estimate of drug-likeness (QED) is 0.259. The first kappa shape index (κ1) is 19.7. The van der Waals surface area contributed by atoms with Crippen LogP contribution < -0.4 is 10.3 Å². The minimum absolute atomic E-state index is 0.0695. The molecule has 0 aliphatic carbocycles. The van der Waals surface area contributed by atoms with Gasteiger partial charge in [-0.25, -0.2) is 4.98 Å². The molecule has 0 bridgehead atoms. The highest BCUT2D eigenvalue weighted by atomic mass is 32.2. The largest absolute Gasteiger partial charge is 0.493 e. The molecule has 6 nitrogen and oxygen atoms in total. The summed E-state index contributed by atoms with van der Waals surface area (Å²) in [5.74, 6) is 1.33.